The van der Waals surface area contributed by atoms with Gasteiger partial charge in [-0.15, -0.1) is 6.58 Å². The minimum absolute atomic E-state index is 0.0868. The molecule has 1 heterocycles. The molecule has 0 aromatic heterocycles. The lowest BCUT2D eigenvalue weighted by molar-refractivity contribution is 0.414. The minimum Gasteiger partial charge on any atom is -0.497 e. The molecular formula is C30H48N2O3SSi. The van der Waals surface area contributed by atoms with Crippen LogP contribution in [0.25, 0.3) is 0 Å². The van der Waals surface area contributed by atoms with E-state index in [9.17, 15) is 8.42 Å². The second-order valence-electron chi connectivity index (χ2n) is 11.6. The lowest BCUT2D eigenvalue weighted by Crippen LogP contribution is -2.51. The molecule has 7 heteroatoms. The monoisotopic (exact) mass is 544 g/mol. The van der Waals surface area contributed by atoms with Crippen LogP contribution in [0, 0.1) is 0 Å². The van der Waals surface area contributed by atoms with Gasteiger partial charge in [0.1, 0.15) is 5.75 Å². The first kappa shape index (κ1) is 29.7. The summed E-state index contributed by atoms with van der Waals surface area (Å²) in [5, 5.41) is 0. The zero-order valence-corrected chi connectivity index (χ0v) is 25.9. The van der Waals surface area contributed by atoms with Gasteiger partial charge in [-0.1, -0.05) is 64.2 Å². The molecule has 1 fully saturated rings. The molecule has 0 N–H and O–H groups in total. The Balaban J connectivity index is 2.32. The van der Waals surface area contributed by atoms with Gasteiger partial charge in [-0.25, -0.2) is 0 Å². The van der Waals surface area contributed by atoms with Crippen molar-refractivity contribution in [3.8, 4) is 5.75 Å². The number of ether oxygens (including phenoxy) is 1. The van der Waals surface area contributed by atoms with Gasteiger partial charge in [0.05, 0.1) is 25.8 Å². The van der Waals surface area contributed by atoms with Gasteiger partial charge in [-0.2, -0.15) is 12.8 Å². The van der Waals surface area contributed by atoms with Crippen LogP contribution >= 0.6 is 0 Å². The van der Waals surface area contributed by atoms with E-state index in [2.05, 4.69) is 53.0 Å². The Morgan fingerprint density at radius 1 is 1.00 bits per heavy atom. The smallest absolute Gasteiger partial charge is 0.282 e. The number of benzene rings is 1. The third-order valence-electron chi connectivity index (χ3n) is 8.90. The predicted octanol–water partition coefficient (Wildman–Crippen LogP) is 7.98. The molecule has 3 rings (SSSR count). The molecule has 0 amide bonds. The quantitative estimate of drug-likeness (QED) is 0.152. The first-order valence-corrected chi connectivity index (χ1v) is 17.8. The van der Waals surface area contributed by atoms with E-state index in [1.807, 2.05) is 6.08 Å². The number of hydrogen-bond acceptors (Lipinski definition) is 4. The van der Waals surface area contributed by atoms with Crippen molar-refractivity contribution in [2.45, 2.75) is 107 Å². The summed E-state index contributed by atoms with van der Waals surface area (Å²) >= 11 is 0. The van der Waals surface area contributed by atoms with E-state index in [0.29, 0.717) is 22.4 Å². The molecule has 37 heavy (non-hydrogen) atoms. The summed E-state index contributed by atoms with van der Waals surface area (Å²) in [6.07, 6.45) is 8.13. The van der Waals surface area contributed by atoms with Crippen LogP contribution in [0.1, 0.15) is 80.1 Å². The van der Waals surface area contributed by atoms with Crippen molar-refractivity contribution >= 4 is 23.8 Å². The molecule has 1 unspecified atom stereocenters. The van der Waals surface area contributed by atoms with E-state index in [-0.39, 0.29) is 10.4 Å². The molecule has 0 saturated carbocycles. The first-order chi connectivity index (χ1) is 17.5. The molecule has 206 valence electrons. The van der Waals surface area contributed by atoms with Crippen molar-refractivity contribution in [1.29, 1.82) is 0 Å². The zero-order valence-electron chi connectivity index (χ0n) is 24.1. The molecule has 0 radical (unpaired) electrons. The highest BCUT2D eigenvalue weighted by molar-refractivity contribution is 7.90. The van der Waals surface area contributed by atoms with Gasteiger partial charge in [0.15, 0.2) is 0 Å². The Morgan fingerprint density at radius 2 is 1.57 bits per heavy atom. The highest BCUT2D eigenvalue weighted by atomic mass is 32.2. The Hall–Kier alpha value is -1.86. The number of methoxy groups -OCH3 is 1. The van der Waals surface area contributed by atoms with Gasteiger partial charge >= 0.3 is 0 Å². The second kappa shape index (κ2) is 12.3. The van der Waals surface area contributed by atoms with Gasteiger partial charge in [-0.05, 0) is 68.4 Å². The number of nitrogens with zero attached hydrogens (tertiary/aromatic N) is 2. The fourth-order valence-electron chi connectivity index (χ4n) is 7.52. The Labute approximate surface area is 227 Å². The molecule has 1 aromatic carbocycles. The molecule has 2 aliphatic rings. The summed E-state index contributed by atoms with van der Waals surface area (Å²) in [5.74, 6) is 0.633. The predicted molar refractivity (Wildman–Crippen MR) is 159 cm³/mol. The van der Waals surface area contributed by atoms with Crippen molar-refractivity contribution in [2.75, 3.05) is 20.2 Å². The Bertz CT molecular complexity index is 1080. The lowest BCUT2D eigenvalue weighted by Gasteiger charge is -2.49. The highest BCUT2D eigenvalue weighted by Crippen LogP contribution is 2.53. The number of hydrogen-bond donors (Lipinski definition) is 0. The van der Waals surface area contributed by atoms with Gasteiger partial charge in [-0.3, -0.25) is 0 Å². The van der Waals surface area contributed by atoms with Crippen molar-refractivity contribution in [1.82, 2.24) is 4.90 Å². The van der Waals surface area contributed by atoms with E-state index in [4.69, 9.17) is 9.13 Å². The van der Waals surface area contributed by atoms with E-state index < -0.39 is 18.1 Å². The maximum Gasteiger partial charge on any atom is 0.282 e. The van der Waals surface area contributed by atoms with Crippen molar-refractivity contribution in [2.24, 2.45) is 4.40 Å². The summed E-state index contributed by atoms with van der Waals surface area (Å²) in [6.45, 7) is 20.4. The van der Waals surface area contributed by atoms with Crippen LogP contribution in [0.5, 0.6) is 5.75 Å². The maximum absolute atomic E-state index is 13.9. The van der Waals surface area contributed by atoms with Crippen LogP contribution in [0.2, 0.25) is 22.2 Å². The first-order valence-electron chi connectivity index (χ1n) is 14.1. The van der Waals surface area contributed by atoms with Crippen LogP contribution < -0.4 is 4.74 Å². The standard InChI is InChI=1S/C30H48N2O3SSi/c1-9-13-29(37(22(2)3,23(4)5)24(6)7)30(27-14-12-15-28(27)32-20-10-11-21-32)31-36(33,34)26-18-16-25(35-8)17-19-26/h9,16-19,22-24,29H,1,10-15,20-21H2,2-8H3/b31-30-. The van der Waals surface area contributed by atoms with Gasteiger partial charge in [0, 0.05) is 24.3 Å². The summed E-state index contributed by atoms with van der Waals surface area (Å²) in [4.78, 5) is 2.72. The van der Waals surface area contributed by atoms with Crippen LogP contribution in [-0.2, 0) is 10.0 Å². The summed E-state index contributed by atoms with van der Waals surface area (Å²) in [6, 6.07) is 6.62. The highest BCUT2D eigenvalue weighted by Gasteiger charge is 2.51. The van der Waals surface area contributed by atoms with Crippen LogP contribution in [0.4, 0.5) is 0 Å². The molecule has 1 atom stereocenters. The molecule has 1 aliphatic carbocycles. The number of sulfonamides is 1. The molecule has 1 aromatic rings. The fourth-order valence-corrected chi connectivity index (χ4v) is 16.4. The maximum atomic E-state index is 13.9. The molecule has 1 aliphatic heterocycles. The average molecular weight is 545 g/mol. The molecule has 0 spiro atoms. The second-order valence-corrected chi connectivity index (χ2v) is 19.4. The Kier molecular flexibility index (Phi) is 9.89. The topological polar surface area (TPSA) is 59.0 Å². The van der Waals surface area contributed by atoms with Gasteiger partial charge in [0.25, 0.3) is 10.0 Å². The fraction of sp³-hybridized carbons (Fsp3) is 0.633. The zero-order chi connectivity index (χ0) is 27.4. The largest absolute Gasteiger partial charge is 0.497 e. The number of rotatable bonds is 12. The van der Waals surface area contributed by atoms with Crippen LogP contribution in [0.15, 0.2) is 57.5 Å². The lowest BCUT2D eigenvalue weighted by atomic mass is 10.0. The Morgan fingerprint density at radius 3 is 2.05 bits per heavy atom. The van der Waals surface area contributed by atoms with E-state index >= 15 is 0 Å². The minimum atomic E-state index is -3.90. The molecule has 1 saturated heterocycles. The van der Waals surface area contributed by atoms with E-state index in [0.717, 1.165) is 44.5 Å². The molecular weight excluding hydrogens is 496 g/mol. The van der Waals surface area contributed by atoms with Gasteiger partial charge in [0.2, 0.25) is 0 Å². The summed E-state index contributed by atoms with van der Waals surface area (Å²) < 4.78 is 37.9. The van der Waals surface area contributed by atoms with E-state index in [1.165, 1.54) is 24.1 Å². The summed E-state index contributed by atoms with van der Waals surface area (Å²) in [7, 11) is -4.45. The third kappa shape index (κ3) is 5.93. The number of likely N-dealkylation sites (tertiary alicyclic amines) is 1. The van der Waals surface area contributed by atoms with Gasteiger partial charge < -0.3 is 9.64 Å². The molecule has 0 bridgehead atoms. The molecule has 5 nitrogen and oxygen atoms in total. The van der Waals surface area contributed by atoms with E-state index in [1.54, 1.807) is 31.4 Å². The third-order valence-corrected chi connectivity index (χ3v) is 17.9. The van der Waals surface area contributed by atoms with Crippen LogP contribution in [-0.4, -0.2) is 47.3 Å². The van der Waals surface area contributed by atoms with Crippen molar-refractivity contribution < 1.29 is 13.2 Å². The SMILES string of the molecule is C=CCC(/C(=N\S(=O)(=O)c1ccc(OC)cc1)C1=C(N2CCCC2)CCC1)[Si](C(C)C)(C(C)C)C(C)C. The average Bonchev–Trinajstić information content (AvgIpc) is 3.54. The van der Waals surface area contributed by atoms with Crippen molar-refractivity contribution in [3.63, 3.8) is 0 Å². The normalized spacial score (nSPS) is 18.4. The van der Waals surface area contributed by atoms with Crippen molar-refractivity contribution in [3.05, 3.63) is 48.2 Å². The number of allylic oxidation sites excluding steroid dienone is 3. The van der Waals surface area contributed by atoms with Crippen LogP contribution in [0.3, 0.4) is 0 Å². The summed E-state index contributed by atoms with van der Waals surface area (Å²) in [5.41, 5.74) is 4.89.